The van der Waals surface area contributed by atoms with Gasteiger partial charge in [0.1, 0.15) is 16.9 Å². The number of likely N-dealkylation sites (tertiary alicyclic amines) is 1. The fourth-order valence-corrected chi connectivity index (χ4v) is 2.99. The van der Waals surface area contributed by atoms with Gasteiger partial charge in [-0.3, -0.25) is 9.78 Å². The summed E-state index contributed by atoms with van der Waals surface area (Å²) in [7, 11) is 0. The molecule has 1 atom stereocenters. The van der Waals surface area contributed by atoms with Crippen LogP contribution in [0.2, 0.25) is 0 Å². The number of anilines is 1. The van der Waals surface area contributed by atoms with Crippen LogP contribution in [0.3, 0.4) is 0 Å². The van der Waals surface area contributed by atoms with E-state index < -0.39 is 0 Å². The van der Waals surface area contributed by atoms with Crippen LogP contribution in [0.15, 0.2) is 41.7 Å². The number of benzene rings is 1. The van der Waals surface area contributed by atoms with Crippen molar-refractivity contribution in [3.8, 4) is 0 Å². The maximum atomic E-state index is 12.5. The minimum atomic E-state index is -0.216. The van der Waals surface area contributed by atoms with Crippen LogP contribution in [-0.4, -0.2) is 39.6 Å². The largest absolute Gasteiger partial charge is 0.357 e. The Balaban J connectivity index is 1.63. The molecule has 5 nitrogen and oxygen atoms in total. The minimum absolute atomic E-state index is 0.127. The van der Waals surface area contributed by atoms with Crippen LogP contribution in [-0.2, 0) is 11.3 Å². The van der Waals surface area contributed by atoms with Crippen molar-refractivity contribution in [1.82, 2.24) is 14.9 Å². The topological polar surface area (TPSA) is 58.1 Å². The van der Waals surface area contributed by atoms with Gasteiger partial charge in [0.05, 0.1) is 12.4 Å². The molecule has 1 saturated heterocycles. The van der Waals surface area contributed by atoms with Gasteiger partial charge in [-0.25, -0.2) is 4.98 Å². The van der Waals surface area contributed by atoms with Crippen LogP contribution >= 0.6 is 11.8 Å². The first-order chi connectivity index (χ1) is 11.2. The van der Waals surface area contributed by atoms with E-state index in [0.29, 0.717) is 12.4 Å². The number of aromatic nitrogens is 2. The number of thioether (sulfide) groups is 1. The highest BCUT2D eigenvalue weighted by Crippen LogP contribution is 2.19. The Bertz CT molecular complexity index is 689. The first-order valence-corrected chi connectivity index (χ1v) is 8.85. The van der Waals surface area contributed by atoms with Gasteiger partial charge >= 0.3 is 0 Å². The molecule has 120 valence electrons. The first-order valence-electron chi connectivity index (χ1n) is 7.62. The van der Waals surface area contributed by atoms with Crippen molar-refractivity contribution < 1.29 is 4.79 Å². The van der Waals surface area contributed by atoms with Gasteiger partial charge in [-0.1, -0.05) is 29.8 Å². The number of amides is 1. The second-order valence-corrected chi connectivity index (χ2v) is 6.50. The van der Waals surface area contributed by atoms with E-state index in [1.807, 2.05) is 11.2 Å². The van der Waals surface area contributed by atoms with Crippen molar-refractivity contribution in [3.05, 3.63) is 47.8 Å². The van der Waals surface area contributed by atoms with Gasteiger partial charge in [-0.05, 0) is 25.2 Å². The molecule has 1 amide bonds. The molecule has 0 saturated carbocycles. The molecule has 1 aliphatic heterocycles. The zero-order valence-electron chi connectivity index (χ0n) is 13.3. The normalized spacial score (nSPS) is 17.6. The van der Waals surface area contributed by atoms with Crippen LogP contribution in [0.5, 0.6) is 0 Å². The molecule has 1 aromatic heterocycles. The lowest BCUT2D eigenvalue weighted by Crippen LogP contribution is -2.33. The van der Waals surface area contributed by atoms with Gasteiger partial charge < -0.3 is 10.2 Å². The van der Waals surface area contributed by atoms with Crippen LogP contribution < -0.4 is 5.32 Å². The van der Waals surface area contributed by atoms with Crippen molar-refractivity contribution in [2.45, 2.75) is 31.0 Å². The molecule has 6 heteroatoms. The van der Waals surface area contributed by atoms with Crippen molar-refractivity contribution >= 4 is 23.5 Å². The summed E-state index contributed by atoms with van der Waals surface area (Å²) in [6.45, 7) is 3.49. The molecule has 2 heterocycles. The second kappa shape index (κ2) is 7.00. The Kier molecular flexibility index (Phi) is 4.81. The number of nitrogens with one attached hydrogen (secondary N) is 1. The van der Waals surface area contributed by atoms with Crippen LogP contribution in [0, 0.1) is 6.92 Å². The number of aryl methyl sites for hydroxylation is 1. The lowest BCUT2D eigenvalue weighted by molar-refractivity contribution is -0.128. The lowest BCUT2D eigenvalue weighted by Gasteiger charge is -2.17. The fourth-order valence-electron chi connectivity index (χ4n) is 2.64. The predicted molar refractivity (Wildman–Crippen MR) is 92.4 cm³/mol. The Labute approximate surface area is 140 Å². The standard InChI is InChI=1S/C17H20N4OS/c1-12-3-5-13(6-4-12)11-21-8-7-14(17(21)22)19-15-9-18-10-16(20-15)23-2/h3-6,9-10,14H,7-8,11H2,1-2H3,(H,19,20). The quantitative estimate of drug-likeness (QED) is 0.855. The number of rotatable bonds is 5. The number of nitrogens with zero attached hydrogens (tertiary/aromatic N) is 3. The van der Waals surface area contributed by atoms with Gasteiger partial charge in [-0.15, -0.1) is 11.8 Å². The van der Waals surface area contributed by atoms with Crippen LogP contribution in [0.1, 0.15) is 17.5 Å². The van der Waals surface area contributed by atoms with Crippen LogP contribution in [0.4, 0.5) is 5.82 Å². The molecule has 23 heavy (non-hydrogen) atoms. The van der Waals surface area contributed by atoms with Gasteiger partial charge in [0.15, 0.2) is 0 Å². The van der Waals surface area contributed by atoms with E-state index in [0.717, 1.165) is 23.6 Å². The van der Waals surface area contributed by atoms with Crippen LogP contribution in [0.25, 0.3) is 0 Å². The molecule has 0 spiro atoms. The smallest absolute Gasteiger partial charge is 0.245 e. The van der Waals surface area contributed by atoms with E-state index in [-0.39, 0.29) is 11.9 Å². The fraction of sp³-hybridized carbons (Fsp3) is 0.353. The monoisotopic (exact) mass is 328 g/mol. The van der Waals surface area contributed by atoms with E-state index in [4.69, 9.17) is 0 Å². The third-order valence-electron chi connectivity index (χ3n) is 3.94. The third-order valence-corrected chi connectivity index (χ3v) is 4.55. The van der Waals surface area contributed by atoms with Crippen molar-refractivity contribution in [2.24, 2.45) is 0 Å². The van der Waals surface area contributed by atoms with Gasteiger partial charge in [-0.2, -0.15) is 0 Å². The average Bonchev–Trinajstić information content (AvgIpc) is 2.90. The molecule has 1 unspecified atom stereocenters. The van der Waals surface area contributed by atoms with E-state index in [2.05, 4.69) is 46.5 Å². The summed E-state index contributed by atoms with van der Waals surface area (Å²) in [5, 5.41) is 4.06. The second-order valence-electron chi connectivity index (χ2n) is 5.68. The molecule has 0 bridgehead atoms. The van der Waals surface area contributed by atoms with Crippen molar-refractivity contribution in [1.29, 1.82) is 0 Å². The lowest BCUT2D eigenvalue weighted by atomic mass is 10.1. The van der Waals surface area contributed by atoms with E-state index in [1.165, 1.54) is 17.3 Å². The van der Waals surface area contributed by atoms with Crippen molar-refractivity contribution in [2.75, 3.05) is 18.1 Å². The molecule has 2 aromatic rings. The van der Waals surface area contributed by atoms with Gasteiger partial charge in [0.2, 0.25) is 5.91 Å². The highest BCUT2D eigenvalue weighted by molar-refractivity contribution is 7.98. The number of hydrogen-bond acceptors (Lipinski definition) is 5. The molecule has 3 rings (SSSR count). The highest BCUT2D eigenvalue weighted by Gasteiger charge is 2.31. The molecule has 1 N–H and O–H groups in total. The van der Waals surface area contributed by atoms with Crippen molar-refractivity contribution in [3.63, 3.8) is 0 Å². The zero-order chi connectivity index (χ0) is 16.2. The maximum absolute atomic E-state index is 12.5. The molecule has 0 radical (unpaired) electrons. The third kappa shape index (κ3) is 3.82. The highest BCUT2D eigenvalue weighted by atomic mass is 32.2. The predicted octanol–water partition coefficient (Wildman–Crippen LogP) is 2.72. The number of carbonyl (C=O) groups is 1. The Morgan fingerprint density at radius 1 is 1.30 bits per heavy atom. The maximum Gasteiger partial charge on any atom is 0.245 e. The summed E-state index contributed by atoms with van der Waals surface area (Å²) >= 11 is 1.54. The summed E-state index contributed by atoms with van der Waals surface area (Å²) in [6.07, 6.45) is 6.12. The molecule has 0 aliphatic carbocycles. The molecule has 1 aliphatic rings. The Hall–Kier alpha value is -2.08. The Morgan fingerprint density at radius 3 is 2.83 bits per heavy atom. The zero-order valence-corrected chi connectivity index (χ0v) is 14.1. The molecular weight excluding hydrogens is 308 g/mol. The molecule has 1 fully saturated rings. The molecular formula is C17H20N4OS. The SMILES string of the molecule is CSc1cncc(NC2CCN(Cc3ccc(C)cc3)C2=O)n1. The van der Waals surface area contributed by atoms with Gasteiger partial charge in [0.25, 0.3) is 0 Å². The number of hydrogen-bond donors (Lipinski definition) is 1. The summed E-state index contributed by atoms with van der Waals surface area (Å²) < 4.78 is 0. The Morgan fingerprint density at radius 2 is 2.09 bits per heavy atom. The van der Waals surface area contributed by atoms with E-state index in [9.17, 15) is 4.79 Å². The summed E-state index contributed by atoms with van der Waals surface area (Å²) in [5.74, 6) is 0.786. The van der Waals surface area contributed by atoms with Gasteiger partial charge in [0, 0.05) is 13.1 Å². The van der Waals surface area contributed by atoms with E-state index >= 15 is 0 Å². The average molecular weight is 328 g/mol. The number of carbonyl (C=O) groups excluding carboxylic acids is 1. The van der Waals surface area contributed by atoms with E-state index in [1.54, 1.807) is 12.4 Å². The first kappa shape index (κ1) is 15.8. The minimum Gasteiger partial charge on any atom is -0.357 e. The summed E-state index contributed by atoms with van der Waals surface area (Å²) in [6, 6.07) is 8.10. The summed E-state index contributed by atoms with van der Waals surface area (Å²) in [4.78, 5) is 23.0. The molecule has 1 aromatic carbocycles. The summed E-state index contributed by atoms with van der Waals surface area (Å²) in [5.41, 5.74) is 2.39.